The van der Waals surface area contributed by atoms with Crippen LogP contribution in [0.25, 0.3) is 0 Å². The summed E-state index contributed by atoms with van der Waals surface area (Å²) in [4.78, 5) is 46.7. The van der Waals surface area contributed by atoms with Crippen LogP contribution in [0.15, 0.2) is 12.2 Å². The molecule has 0 saturated heterocycles. The summed E-state index contributed by atoms with van der Waals surface area (Å²) >= 11 is 0. The molecule has 0 radical (unpaired) electrons. The molecule has 4 aliphatic rings. The predicted octanol–water partition coefficient (Wildman–Crippen LogP) is 5.03. The average molecular weight is 401 g/mol. The average Bonchev–Trinajstić information content (AvgIpc) is 2.66. The number of carbonyl (C=O) groups is 4. The van der Waals surface area contributed by atoms with E-state index < -0.39 is 0 Å². The van der Waals surface area contributed by atoms with Crippen LogP contribution in [-0.4, -0.2) is 23.1 Å². The van der Waals surface area contributed by atoms with Crippen molar-refractivity contribution in [3.8, 4) is 0 Å². The van der Waals surface area contributed by atoms with Gasteiger partial charge < -0.3 is 0 Å². The van der Waals surface area contributed by atoms with E-state index in [2.05, 4.69) is 20.4 Å². The molecule has 0 amide bonds. The summed E-state index contributed by atoms with van der Waals surface area (Å²) in [7, 11) is 0. The molecule has 29 heavy (non-hydrogen) atoms. The minimum Gasteiger partial charge on any atom is -0.300 e. The molecule has 0 aliphatic heterocycles. The van der Waals surface area contributed by atoms with Crippen LogP contribution < -0.4 is 0 Å². The largest absolute Gasteiger partial charge is 0.300 e. The SMILES string of the molecule is C=C(C)[C@@H]1CC(=O)[C@@]2(C)CCC(=O)C[C@H]2C1.C[C@]12CCC(=O)C[C@H]1CCCC2=O. The highest BCUT2D eigenvalue weighted by molar-refractivity contribution is 5.90. The highest BCUT2D eigenvalue weighted by atomic mass is 16.1. The van der Waals surface area contributed by atoms with E-state index in [0.717, 1.165) is 44.1 Å². The van der Waals surface area contributed by atoms with Gasteiger partial charge >= 0.3 is 0 Å². The van der Waals surface area contributed by atoms with Crippen molar-refractivity contribution in [2.75, 3.05) is 0 Å². The molecule has 4 saturated carbocycles. The molecule has 0 aromatic carbocycles. The van der Waals surface area contributed by atoms with E-state index in [1.54, 1.807) is 0 Å². The van der Waals surface area contributed by atoms with E-state index in [1.165, 1.54) is 0 Å². The molecule has 5 atom stereocenters. The first-order chi connectivity index (χ1) is 13.6. The van der Waals surface area contributed by atoms with Gasteiger partial charge in [-0.15, -0.1) is 0 Å². The number of rotatable bonds is 1. The first-order valence-electron chi connectivity index (χ1n) is 11.3. The van der Waals surface area contributed by atoms with E-state index in [4.69, 9.17) is 0 Å². The van der Waals surface area contributed by atoms with Crippen molar-refractivity contribution in [2.24, 2.45) is 28.6 Å². The topological polar surface area (TPSA) is 68.3 Å². The second-order valence-corrected chi connectivity index (χ2v) is 10.4. The van der Waals surface area contributed by atoms with Crippen molar-refractivity contribution in [3.63, 3.8) is 0 Å². The van der Waals surface area contributed by atoms with Gasteiger partial charge in [-0.3, -0.25) is 19.2 Å². The monoisotopic (exact) mass is 400 g/mol. The number of ketones is 4. The Hall–Kier alpha value is -1.58. The minimum absolute atomic E-state index is 0.147. The molecular weight excluding hydrogens is 364 g/mol. The van der Waals surface area contributed by atoms with Crippen LogP contribution in [0.4, 0.5) is 0 Å². The Morgan fingerprint density at radius 2 is 1.38 bits per heavy atom. The van der Waals surface area contributed by atoms with Crippen molar-refractivity contribution in [1.29, 1.82) is 0 Å². The van der Waals surface area contributed by atoms with Gasteiger partial charge in [-0.2, -0.15) is 0 Å². The fourth-order valence-electron chi connectivity index (χ4n) is 5.96. The number of hydrogen-bond donors (Lipinski definition) is 0. The van der Waals surface area contributed by atoms with Crippen LogP contribution in [0.2, 0.25) is 0 Å². The zero-order valence-corrected chi connectivity index (χ0v) is 18.4. The van der Waals surface area contributed by atoms with Gasteiger partial charge in [-0.05, 0) is 56.8 Å². The molecule has 0 bridgehead atoms. The van der Waals surface area contributed by atoms with Gasteiger partial charge in [0, 0.05) is 49.4 Å². The molecule has 160 valence electrons. The van der Waals surface area contributed by atoms with Gasteiger partial charge in [0.15, 0.2) is 0 Å². The van der Waals surface area contributed by atoms with Crippen LogP contribution in [-0.2, 0) is 19.2 Å². The molecule has 0 spiro atoms. The number of allylic oxidation sites excluding steroid dienone is 1. The van der Waals surface area contributed by atoms with E-state index in [9.17, 15) is 19.2 Å². The molecule has 0 unspecified atom stereocenters. The van der Waals surface area contributed by atoms with Gasteiger partial charge in [0.1, 0.15) is 23.1 Å². The molecule has 4 aliphatic carbocycles. The third-order valence-corrected chi connectivity index (χ3v) is 8.52. The fourth-order valence-corrected chi connectivity index (χ4v) is 5.96. The van der Waals surface area contributed by atoms with Gasteiger partial charge in [0.2, 0.25) is 0 Å². The van der Waals surface area contributed by atoms with E-state index >= 15 is 0 Å². The zero-order chi connectivity index (χ0) is 21.4. The van der Waals surface area contributed by atoms with Crippen molar-refractivity contribution < 1.29 is 19.2 Å². The Morgan fingerprint density at radius 1 is 0.828 bits per heavy atom. The van der Waals surface area contributed by atoms with Crippen molar-refractivity contribution in [1.82, 2.24) is 0 Å². The van der Waals surface area contributed by atoms with Gasteiger partial charge in [-0.1, -0.05) is 26.0 Å². The summed E-state index contributed by atoms with van der Waals surface area (Å²) in [5.74, 6) is 2.36. The summed E-state index contributed by atoms with van der Waals surface area (Å²) in [6, 6.07) is 0. The fraction of sp³-hybridized carbons (Fsp3) is 0.760. The van der Waals surface area contributed by atoms with Crippen LogP contribution in [0.5, 0.6) is 0 Å². The summed E-state index contributed by atoms with van der Waals surface area (Å²) in [6.07, 6.45) is 8.46. The van der Waals surface area contributed by atoms with Gasteiger partial charge in [0.25, 0.3) is 0 Å². The number of hydrogen-bond acceptors (Lipinski definition) is 4. The molecular formula is C25H36O4. The lowest BCUT2D eigenvalue weighted by Gasteiger charge is -2.45. The molecule has 4 rings (SSSR count). The maximum atomic E-state index is 12.2. The zero-order valence-electron chi connectivity index (χ0n) is 18.4. The lowest BCUT2D eigenvalue weighted by Crippen LogP contribution is -2.46. The summed E-state index contributed by atoms with van der Waals surface area (Å²) in [5, 5.41) is 0. The van der Waals surface area contributed by atoms with Crippen LogP contribution in [0.1, 0.15) is 91.4 Å². The third kappa shape index (κ3) is 4.32. The highest BCUT2D eigenvalue weighted by Gasteiger charge is 2.49. The Morgan fingerprint density at radius 3 is 1.97 bits per heavy atom. The molecule has 0 aromatic rings. The molecule has 0 N–H and O–H groups in total. The minimum atomic E-state index is -0.222. The smallest absolute Gasteiger partial charge is 0.139 e. The second-order valence-electron chi connectivity index (χ2n) is 10.4. The summed E-state index contributed by atoms with van der Waals surface area (Å²) in [5.41, 5.74) is 0.722. The summed E-state index contributed by atoms with van der Waals surface area (Å²) in [6.45, 7) is 10.1. The standard InChI is InChI=1S/C14H20O2.C11H16O2/c1-9(2)10-6-11-8-12(15)4-5-14(11,3)13(16)7-10;1-11-6-5-9(12)7-8(11)3-2-4-10(11)13/h10-11H,1,4-8H2,2-3H3;8H,2-7H2,1H3/t10-,11+,14-;8-,11+/m01/s1. The predicted molar refractivity (Wildman–Crippen MR) is 112 cm³/mol. The normalized spacial score (nSPS) is 39.8. The first kappa shape index (κ1) is 22.1. The Bertz CT molecular complexity index is 735. The van der Waals surface area contributed by atoms with Crippen molar-refractivity contribution in [3.05, 3.63) is 12.2 Å². The maximum Gasteiger partial charge on any atom is 0.139 e. The Kier molecular flexibility index (Phi) is 6.31. The molecule has 4 heteroatoms. The van der Waals surface area contributed by atoms with Gasteiger partial charge in [-0.25, -0.2) is 0 Å². The lowest BCUT2D eigenvalue weighted by molar-refractivity contribution is -0.142. The van der Waals surface area contributed by atoms with Crippen LogP contribution in [0, 0.1) is 28.6 Å². The molecule has 4 nitrogen and oxygen atoms in total. The first-order valence-corrected chi connectivity index (χ1v) is 11.3. The molecule has 4 fully saturated rings. The van der Waals surface area contributed by atoms with E-state index in [0.29, 0.717) is 67.1 Å². The quantitative estimate of drug-likeness (QED) is 0.579. The Balaban J connectivity index is 0.000000169. The second kappa shape index (κ2) is 8.28. The molecule has 0 aromatic heterocycles. The third-order valence-electron chi connectivity index (χ3n) is 8.52. The number of fused-ring (bicyclic) bond motifs is 2. The van der Waals surface area contributed by atoms with E-state index in [-0.39, 0.29) is 16.7 Å². The number of carbonyl (C=O) groups excluding carboxylic acids is 4. The Labute approximate surface area is 174 Å². The molecule has 0 heterocycles. The van der Waals surface area contributed by atoms with Crippen molar-refractivity contribution >= 4 is 23.1 Å². The van der Waals surface area contributed by atoms with Crippen LogP contribution in [0.3, 0.4) is 0 Å². The van der Waals surface area contributed by atoms with Crippen molar-refractivity contribution in [2.45, 2.75) is 91.4 Å². The van der Waals surface area contributed by atoms with Gasteiger partial charge in [0.05, 0.1) is 0 Å². The number of Topliss-reactive ketones (excluding diaryl/α,β-unsaturated/α-hetero) is 4. The lowest BCUT2D eigenvalue weighted by atomic mass is 9.57. The highest BCUT2D eigenvalue weighted by Crippen LogP contribution is 2.50. The van der Waals surface area contributed by atoms with E-state index in [1.807, 2.05) is 6.92 Å². The summed E-state index contributed by atoms with van der Waals surface area (Å²) < 4.78 is 0. The van der Waals surface area contributed by atoms with Crippen LogP contribution >= 0.6 is 0 Å². The maximum absolute atomic E-state index is 12.2.